The van der Waals surface area contributed by atoms with Gasteiger partial charge in [-0.15, -0.1) is 0 Å². The Morgan fingerprint density at radius 2 is 1.45 bits per heavy atom. The van der Waals surface area contributed by atoms with Gasteiger partial charge in [-0.3, -0.25) is 19.4 Å². The van der Waals surface area contributed by atoms with Crippen molar-refractivity contribution in [3.05, 3.63) is 29.8 Å². The Balaban J connectivity index is 3.00. The van der Waals surface area contributed by atoms with Crippen LogP contribution in [0.4, 0.5) is 0 Å². The average Bonchev–Trinajstić information content (AvgIpc) is 2.87. The quantitative estimate of drug-likeness (QED) is 0.0496. The molecule has 3 amide bonds. The maximum Gasteiger partial charge on any atom is 0.326 e. The highest BCUT2D eigenvalue weighted by atomic mass is 32.1. The fourth-order valence-corrected chi connectivity index (χ4v) is 3.59. The molecular formula is C24H39N7O6S. The number of guanidine groups is 1. The monoisotopic (exact) mass is 553 g/mol. The largest absolute Gasteiger partial charge is 0.508 e. The molecule has 1 rings (SSSR count). The van der Waals surface area contributed by atoms with Crippen LogP contribution in [0.25, 0.3) is 0 Å². The molecule has 4 atom stereocenters. The van der Waals surface area contributed by atoms with Crippen molar-refractivity contribution in [2.24, 2.45) is 22.2 Å². The van der Waals surface area contributed by atoms with Crippen molar-refractivity contribution < 1.29 is 29.4 Å². The van der Waals surface area contributed by atoms with Gasteiger partial charge in [-0.2, -0.15) is 12.6 Å². The fourth-order valence-electron chi connectivity index (χ4n) is 3.42. The van der Waals surface area contributed by atoms with Gasteiger partial charge in [-0.05, 0) is 37.0 Å². The number of rotatable bonds is 17. The summed E-state index contributed by atoms with van der Waals surface area (Å²) in [4.78, 5) is 54.3. The summed E-state index contributed by atoms with van der Waals surface area (Å²) in [5, 5.41) is 26.8. The molecule has 11 N–H and O–H groups in total. The molecule has 0 spiro atoms. The first-order valence-corrected chi connectivity index (χ1v) is 12.9. The van der Waals surface area contributed by atoms with Gasteiger partial charge in [0, 0.05) is 18.7 Å². The molecule has 0 aliphatic rings. The second-order valence-corrected chi connectivity index (χ2v) is 9.14. The van der Waals surface area contributed by atoms with E-state index >= 15 is 0 Å². The van der Waals surface area contributed by atoms with Crippen LogP contribution in [0.15, 0.2) is 29.3 Å². The molecule has 14 heteroatoms. The molecule has 0 heterocycles. The third-order valence-corrected chi connectivity index (χ3v) is 5.98. The molecule has 38 heavy (non-hydrogen) atoms. The van der Waals surface area contributed by atoms with E-state index in [1.807, 2.05) is 6.92 Å². The highest BCUT2D eigenvalue weighted by Crippen LogP contribution is 2.12. The van der Waals surface area contributed by atoms with Crippen molar-refractivity contribution >= 4 is 42.3 Å². The Labute approximate surface area is 227 Å². The number of nitrogens with one attached hydrogen (secondary N) is 3. The van der Waals surface area contributed by atoms with Gasteiger partial charge in [-0.25, -0.2) is 4.79 Å². The van der Waals surface area contributed by atoms with Gasteiger partial charge >= 0.3 is 5.97 Å². The number of carboxylic acids is 1. The molecular weight excluding hydrogens is 514 g/mol. The van der Waals surface area contributed by atoms with Crippen LogP contribution in [0, 0.1) is 0 Å². The lowest BCUT2D eigenvalue weighted by Gasteiger charge is -2.25. The van der Waals surface area contributed by atoms with E-state index in [-0.39, 0.29) is 43.3 Å². The van der Waals surface area contributed by atoms with Crippen LogP contribution >= 0.6 is 12.6 Å². The average molecular weight is 554 g/mol. The summed E-state index contributed by atoms with van der Waals surface area (Å²) in [5.74, 6) is -3.15. The number of carboxylic acid groups (broad SMARTS) is 1. The smallest absolute Gasteiger partial charge is 0.326 e. The topological polar surface area (TPSA) is 235 Å². The number of nitrogens with zero attached hydrogens (tertiary/aromatic N) is 1. The van der Waals surface area contributed by atoms with Crippen LogP contribution in [0.5, 0.6) is 5.75 Å². The number of unbranched alkanes of at least 4 members (excludes halogenated alkanes) is 1. The van der Waals surface area contributed by atoms with Gasteiger partial charge in [0.1, 0.15) is 23.9 Å². The third kappa shape index (κ3) is 12.1. The summed E-state index contributed by atoms with van der Waals surface area (Å²) in [5.41, 5.74) is 17.0. The Morgan fingerprint density at radius 3 is 1.95 bits per heavy atom. The number of amides is 3. The third-order valence-electron chi connectivity index (χ3n) is 5.58. The Kier molecular flexibility index (Phi) is 14.6. The molecule has 212 valence electrons. The van der Waals surface area contributed by atoms with E-state index in [1.54, 1.807) is 12.1 Å². The van der Waals surface area contributed by atoms with E-state index in [9.17, 15) is 29.4 Å². The zero-order valence-electron chi connectivity index (χ0n) is 21.4. The Morgan fingerprint density at radius 1 is 0.921 bits per heavy atom. The molecule has 0 saturated heterocycles. The van der Waals surface area contributed by atoms with E-state index in [1.165, 1.54) is 12.1 Å². The first kappa shape index (κ1) is 32.5. The minimum atomic E-state index is -1.27. The molecule has 1 aromatic carbocycles. The summed E-state index contributed by atoms with van der Waals surface area (Å²) in [6.07, 6.45) is 2.05. The number of carbonyl (C=O) groups excluding carboxylic acids is 3. The number of aromatic hydroxyl groups is 1. The highest BCUT2D eigenvalue weighted by Gasteiger charge is 2.30. The number of aliphatic carboxylic acids is 1. The van der Waals surface area contributed by atoms with Gasteiger partial charge < -0.3 is 43.4 Å². The van der Waals surface area contributed by atoms with Crippen molar-refractivity contribution in [2.45, 2.75) is 69.6 Å². The second-order valence-electron chi connectivity index (χ2n) is 8.77. The molecule has 13 nitrogen and oxygen atoms in total. The number of nitrogens with two attached hydrogens (primary N) is 3. The normalized spacial score (nSPS) is 13.9. The molecule has 0 aliphatic heterocycles. The zero-order valence-corrected chi connectivity index (χ0v) is 22.3. The molecule has 0 bridgehead atoms. The summed E-state index contributed by atoms with van der Waals surface area (Å²) >= 11 is 4.00. The molecule has 0 radical (unpaired) electrons. The number of aliphatic imine (C=N–C) groups is 1. The van der Waals surface area contributed by atoms with E-state index < -0.39 is 47.9 Å². The molecule has 1 aromatic rings. The van der Waals surface area contributed by atoms with Crippen LogP contribution in [0.2, 0.25) is 0 Å². The first-order chi connectivity index (χ1) is 18.0. The molecule has 0 fully saturated rings. The number of hydrogen-bond donors (Lipinski definition) is 9. The van der Waals surface area contributed by atoms with E-state index in [2.05, 4.69) is 33.6 Å². The van der Waals surface area contributed by atoms with Crippen LogP contribution < -0.4 is 33.2 Å². The minimum Gasteiger partial charge on any atom is -0.508 e. The Hall–Kier alpha value is -3.52. The summed E-state index contributed by atoms with van der Waals surface area (Å²) in [6, 6.07) is 1.66. The summed E-state index contributed by atoms with van der Waals surface area (Å²) in [7, 11) is 0. The van der Waals surface area contributed by atoms with Crippen molar-refractivity contribution in [1.82, 2.24) is 16.0 Å². The van der Waals surface area contributed by atoms with E-state index in [4.69, 9.17) is 17.2 Å². The van der Waals surface area contributed by atoms with Crippen LogP contribution in [0.1, 0.15) is 44.6 Å². The zero-order chi connectivity index (χ0) is 28.7. The SMILES string of the molecule is CCCC[C@H](NC(=O)[C@H](CCCN=C(N)N)NC(=O)[C@@H](N)CS)C(=O)N[C@@H](Cc1ccc(O)cc1)C(=O)O. The fraction of sp³-hybridized carbons (Fsp3) is 0.542. The van der Waals surface area contributed by atoms with Crippen molar-refractivity contribution in [3.8, 4) is 5.75 Å². The maximum absolute atomic E-state index is 13.1. The van der Waals surface area contributed by atoms with Gasteiger partial charge in [0.15, 0.2) is 5.96 Å². The van der Waals surface area contributed by atoms with Crippen molar-refractivity contribution in [2.75, 3.05) is 12.3 Å². The molecule has 0 aromatic heterocycles. The number of phenols is 1. The van der Waals surface area contributed by atoms with Crippen LogP contribution in [-0.2, 0) is 25.6 Å². The second kappa shape index (κ2) is 17.1. The predicted molar refractivity (Wildman–Crippen MR) is 147 cm³/mol. The van der Waals surface area contributed by atoms with Gasteiger partial charge in [0.2, 0.25) is 17.7 Å². The summed E-state index contributed by atoms with van der Waals surface area (Å²) in [6.45, 7) is 2.13. The lowest BCUT2D eigenvalue weighted by molar-refractivity contribution is -0.142. The number of thiol groups is 1. The first-order valence-electron chi connectivity index (χ1n) is 12.3. The number of benzene rings is 1. The van der Waals surface area contributed by atoms with Gasteiger partial charge in [-0.1, -0.05) is 31.9 Å². The van der Waals surface area contributed by atoms with Gasteiger partial charge in [0.25, 0.3) is 0 Å². The van der Waals surface area contributed by atoms with Crippen LogP contribution in [-0.4, -0.2) is 76.3 Å². The molecule has 0 aliphatic carbocycles. The van der Waals surface area contributed by atoms with E-state index in [0.717, 1.165) is 6.42 Å². The van der Waals surface area contributed by atoms with Gasteiger partial charge in [0.05, 0.1) is 6.04 Å². The van der Waals surface area contributed by atoms with Crippen LogP contribution in [0.3, 0.4) is 0 Å². The molecule has 0 unspecified atom stereocenters. The van der Waals surface area contributed by atoms with Crippen molar-refractivity contribution in [1.29, 1.82) is 0 Å². The predicted octanol–water partition coefficient (Wildman–Crippen LogP) is -1.03. The number of phenolic OH excluding ortho intramolecular Hbond substituents is 1. The number of hydrogen-bond acceptors (Lipinski definition) is 8. The van der Waals surface area contributed by atoms with Crippen molar-refractivity contribution in [3.63, 3.8) is 0 Å². The maximum atomic E-state index is 13.1. The Bertz CT molecular complexity index is 956. The lowest BCUT2D eigenvalue weighted by Crippen LogP contribution is -2.57. The standard InChI is InChI=1S/C24H39N7O6S/c1-2-3-5-17(22(35)31-19(23(36)37)12-14-7-9-15(32)10-8-14)30-21(34)18(6-4-11-28-24(26)27)29-20(33)16(25)13-38/h7-10,16-19,32,38H,2-6,11-13,25H2,1H3,(H,29,33)(H,30,34)(H,31,35)(H,36,37)(H4,26,27,28)/t16-,17-,18-,19-/m0/s1. The van der Waals surface area contributed by atoms with E-state index in [0.29, 0.717) is 18.4 Å². The highest BCUT2D eigenvalue weighted by molar-refractivity contribution is 7.80. The summed E-state index contributed by atoms with van der Waals surface area (Å²) < 4.78 is 0. The lowest BCUT2D eigenvalue weighted by atomic mass is 10.0. The molecule has 0 saturated carbocycles. The number of carbonyl (C=O) groups is 4. The minimum absolute atomic E-state index is 0.0269.